The first-order chi connectivity index (χ1) is 7.26. The number of rotatable bonds is 3. The average Bonchev–Trinajstić information content (AvgIpc) is 2.08. The molecule has 1 aliphatic carbocycles. The molecule has 1 saturated carbocycles. The molecular weight excluding hydrogens is 198 g/mol. The zero-order chi connectivity index (χ0) is 12.4. The Morgan fingerprint density at radius 1 is 1.31 bits per heavy atom. The van der Waals surface area contributed by atoms with Gasteiger partial charge in [0.2, 0.25) is 0 Å². The molecule has 96 valence electrons. The molecule has 0 heterocycles. The molecule has 0 aromatic carbocycles. The summed E-state index contributed by atoms with van der Waals surface area (Å²) in [4.78, 5) is 0. The first kappa shape index (κ1) is 14.0. The van der Waals surface area contributed by atoms with Gasteiger partial charge in [-0.05, 0) is 45.6 Å². The molecule has 0 radical (unpaired) electrons. The van der Waals surface area contributed by atoms with Gasteiger partial charge in [0.1, 0.15) is 0 Å². The first-order valence-electron chi connectivity index (χ1n) is 6.67. The number of ether oxygens (including phenoxy) is 1. The van der Waals surface area contributed by atoms with Crippen LogP contribution in [0.2, 0.25) is 0 Å². The van der Waals surface area contributed by atoms with E-state index in [1.165, 1.54) is 19.3 Å². The molecule has 1 N–H and O–H groups in total. The summed E-state index contributed by atoms with van der Waals surface area (Å²) in [6.07, 6.45) is 4.14. The van der Waals surface area contributed by atoms with Gasteiger partial charge in [-0.1, -0.05) is 27.2 Å². The van der Waals surface area contributed by atoms with Gasteiger partial charge < -0.3 is 10.1 Å². The Balaban J connectivity index is 2.72. The number of likely N-dealkylation sites (N-methyl/N-ethyl adjacent to an activating group) is 1. The minimum atomic E-state index is -0.0360. The van der Waals surface area contributed by atoms with Crippen molar-refractivity contribution in [1.29, 1.82) is 0 Å². The van der Waals surface area contributed by atoms with Gasteiger partial charge in [0.05, 0.1) is 11.7 Å². The van der Waals surface area contributed by atoms with Gasteiger partial charge in [0, 0.05) is 6.04 Å². The van der Waals surface area contributed by atoms with Gasteiger partial charge in [-0.3, -0.25) is 0 Å². The summed E-state index contributed by atoms with van der Waals surface area (Å²) in [6.45, 7) is 14.4. The lowest BCUT2D eigenvalue weighted by Gasteiger charge is -2.46. The maximum Gasteiger partial charge on any atom is 0.0740 e. The average molecular weight is 227 g/mol. The summed E-state index contributed by atoms with van der Waals surface area (Å²) >= 11 is 0. The van der Waals surface area contributed by atoms with Crippen LogP contribution in [0.4, 0.5) is 0 Å². The summed E-state index contributed by atoms with van der Waals surface area (Å²) in [5, 5.41) is 3.62. The van der Waals surface area contributed by atoms with Crippen molar-refractivity contribution in [3.05, 3.63) is 0 Å². The zero-order valence-corrected chi connectivity index (χ0v) is 11.9. The third kappa shape index (κ3) is 3.74. The molecular formula is C14H29NO. The van der Waals surface area contributed by atoms with Crippen LogP contribution >= 0.6 is 0 Å². The molecule has 16 heavy (non-hydrogen) atoms. The Morgan fingerprint density at radius 3 is 2.44 bits per heavy atom. The van der Waals surface area contributed by atoms with Crippen LogP contribution in [-0.2, 0) is 4.74 Å². The van der Waals surface area contributed by atoms with Crippen LogP contribution in [0, 0.1) is 5.41 Å². The fourth-order valence-electron chi connectivity index (χ4n) is 2.79. The highest BCUT2D eigenvalue weighted by Gasteiger charge is 2.40. The third-order valence-corrected chi connectivity index (χ3v) is 3.45. The van der Waals surface area contributed by atoms with Gasteiger partial charge in [-0.2, -0.15) is 0 Å². The highest BCUT2D eigenvalue weighted by molar-refractivity contribution is 4.95. The maximum atomic E-state index is 6.22. The van der Waals surface area contributed by atoms with Crippen LogP contribution in [-0.4, -0.2) is 24.3 Å². The van der Waals surface area contributed by atoms with Crippen molar-refractivity contribution in [2.45, 2.75) is 78.6 Å². The molecule has 2 atom stereocenters. The fourth-order valence-corrected chi connectivity index (χ4v) is 2.79. The predicted molar refractivity (Wildman–Crippen MR) is 69.7 cm³/mol. The van der Waals surface area contributed by atoms with Crippen LogP contribution in [0.25, 0.3) is 0 Å². The maximum absolute atomic E-state index is 6.22. The Hall–Kier alpha value is -0.0800. The normalized spacial score (nSPS) is 30.4. The number of nitrogens with one attached hydrogen (secondary N) is 1. The third-order valence-electron chi connectivity index (χ3n) is 3.45. The summed E-state index contributed by atoms with van der Waals surface area (Å²) in [5.74, 6) is 0. The fraction of sp³-hybridized carbons (Fsp3) is 1.00. The van der Waals surface area contributed by atoms with Crippen LogP contribution in [0.3, 0.4) is 0 Å². The smallest absolute Gasteiger partial charge is 0.0740 e. The summed E-state index contributed by atoms with van der Waals surface area (Å²) in [6, 6.07) is 0.491. The lowest BCUT2D eigenvalue weighted by atomic mass is 9.71. The zero-order valence-electron chi connectivity index (χ0n) is 11.9. The quantitative estimate of drug-likeness (QED) is 0.798. The highest BCUT2D eigenvalue weighted by atomic mass is 16.5. The van der Waals surface area contributed by atoms with Crippen LogP contribution in [0.1, 0.15) is 60.8 Å². The van der Waals surface area contributed by atoms with E-state index in [4.69, 9.17) is 4.74 Å². The minimum absolute atomic E-state index is 0.0360. The summed E-state index contributed by atoms with van der Waals surface area (Å²) in [7, 11) is 0. The van der Waals surface area contributed by atoms with E-state index < -0.39 is 0 Å². The van der Waals surface area contributed by atoms with Gasteiger partial charge in [-0.25, -0.2) is 0 Å². The SMILES string of the molecule is CCNC1C(OC(C)(C)C)CCCC1(C)C. The lowest BCUT2D eigenvalue weighted by Crippen LogP contribution is -2.55. The van der Waals surface area contributed by atoms with Gasteiger partial charge in [-0.15, -0.1) is 0 Å². The van der Waals surface area contributed by atoms with Crippen molar-refractivity contribution in [2.24, 2.45) is 5.41 Å². The second kappa shape index (κ2) is 5.05. The second-order valence-electron chi connectivity index (χ2n) is 6.68. The van der Waals surface area contributed by atoms with Crippen LogP contribution in [0.15, 0.2) is 0 Å². The van der Waals surface area contributed by atoms with E-state index in [1.807, 2.05) is 0 Å². The monoisotopic (exact) mass is 227 g/mol. The van der Waals surface area contributed by atoms with Crippen molar-refractivity contribution >= 4 is 0 Å². The molecule has 1 fully saturated rings. The Morgan fingerprint density at radius 2 is 1.94 bits per heavy atom. The summed E-state index contributed by atoms with van der Waals surface area (Å²) in [5.41, 5.74) is 0.315. The Bertz CT molecular complexity index is 217. The van der Waals surface area contributed by atoms with E-state index in [0.717, 1.165) is 6.54 Å². The van der Waals surface area contributed by atoms with Crippen molar-refractivity contribution < 1.29 is 4.74 Å². The van der Waals surface area contributed by atoms with Crippen LogP contribution in [0.5, 0.6) is 0 Å². The Labute approximate surface area is 101 Å². The van der Waals surface area contributed by atoms with Gasteiger partial charge in [0.15, 0.2) is 0 Å². The van der Waals surface area contributed by atoms with E-state index in [-0.39, 0.29) is 5.60 Å². The molecule has 1 rings (SSSR count). The molecule has 0 aliphatic heterocycles. The molecule has 0 spiro atoms. The topological polar surface area (TPSA) is 21.3 Å². The predicted octanol–water partition coefficient (Wildman–Crippen LogP) is 3.36. The molecule has 1 aliphatic rings. The van der Waals surface area contributed by atoms with Crippen molar-refractivity contribution in [1.82, 2.24) is 5.32 Å². The molecule has 0 aromatic heterocycles. The highest BCUT2D eigenvalue weighted by Crippen LogP contribution is 2.38. The summed E-state index contributed by atoms with van der Waals surface area (Å²) < 4.78 is 6.22. The molecule has 2 nitrogen and oxygen atoms in total. The lowest BCUT2D eigenvalue weighted by molar-refractivity contribution is -0.109. The van der Waals surface area contributed by atoms with E-state index in [2.05, 4.69) is 46.9 Å². The molecule has 0 aromatic rings. The molecule has 2 unspecified atom stereocenters. The minimum Gasteiger partial charge on any atom is -0.371 e. The number of hydrogen-bond donors (Lipinski definition) is 1. The van der Waals surface area contributed by atoms with E-state index in [9.17, 15) is 0 Å². The Kier molecular flexibility index (Phi) is 4.42. The molecule has 2 heteroatoms. The van der Waals surface area contributed by atoms with E-state index in [0.29, 0.717) is 17.6 Å². The van der Waals surface area contributed by atoms with Gasteiger partial charge >= 0.3 is 0 Å². The van der Waals surface area contributed by atoms with Crippen molar-refractivity contribution in [3.8, 4) is 0 Å². The second-order valence-corrected chi connectivity index (χ2v) is 6.68. The van der Waals surface area contributed by atoms with Crippen LogP contribution < -0.4 is 5.32 Å². The largest absolute Gasteiger partial charge is 0.371 e. The van der Waals surface area contributed by atoms with Gasteiger partial charge in [0.25, 0.3) is 0 Å². The first-order valence-corrected chi connectivity index (χ1v) is 6.67. The standard InChI is InChI=1S/C14H29NO/c1-7-15-12-11(16-13(2,3)4)9-8-10-14(12,5)6/h11-12,15H,7-10H2,1-6H3. The number of hydrogen-bond acceptors (Lipinski definition) is 2. The molecule has 0 amide bonds. The molecule has 0 bridgehead atoms. The van der Waals surface area contributed by atoms with Crippen molar-refractivity contribution in [3.63, 3.8) is 0 Å². The molecule has 0 saturated heterocycles. The van der Waals surface area contributed by atoms with E-state index >= 15 is 0 Å². The van der Waals surface area contributed by atoms with E-state index in [1.54, 1.807) is 0 Å². The van der Waals surface area contributed by atoms with Crippen molar-refractivity contribution in [2.75, 3.05) is 6.54 Å².